The summed E-state index contributed by atoms with van der Waals surface area (Å²) in [5.41, 5.74) is 1.02. The third kappa shape index (κ3) is 3.08. The molecule has 0 aliphatic carbocycles. The molecule has 0 amide bonds. The molecule has 0 saturated carbocycles. The number of hydrogen-bond donors (Lipinski definition) is 1. The van der Waals surface area contributed by atoms with Gasteiger partial charge in [0.1, 0.15) is 5.56 Å². The minimum Gasteiger partial charge on any atom is -0.493 e. The molecule has 1 aromatic carbocycles. The second-order valence-corrected chi connectivity index (χ2v) is 4.77. The van der Waals surface area contributed by atoms with Crippen LogP contribution >= 0.6 is 11.8 Å². The molecular formula is C14H14N2O4S. The van der Waals surface area contributed by atoms with Crippen molar-refractivity contribution in [2.24, 2.45) is 0 Å². The number of carboxylic acid groups (broad SMARTS) is 1. The van der Waals surface area contributed by atoms with Gasteiger partial charge in [0.05, 0.1) is 19.9 Å². The molecule has 2 aromatic rings. The van der Waals surface area contributed by atoms with Crippen LogP contribution in [-0.4, -0.2) is 41.5 Å². The highest BCUT2D eigenvalue weighted by molar-refractivity contribution is 7.98. The summed E-state index contributed by atoms with van der Waals surface area (Å²) < 4.78 is 10.4. The highest BCUT2D eigenvalue weighted by atomic mass is 32.2. The summed E-state index contributed by atoms with van der Waals surface area (Å²) >= 11 is 1.34. The first-order chi connectivity index (χ1) is 10.1. The van der Waals surface area contributed by atoms with Gasteiger partial charge in [-0.05, 0) is 24.5 Å². The largest absolute Gasteiger partial charge is 0.493 e. The van der Waals surface area contributed by atoms with Gasteiger partial charge in [-0.15, -0.1) is 0 Å². The number of nitrogens with zero attached hydrogens (tertiary/aromatic N) is 2. The van der Waals surface area contributed by atoms with Crippen LogP contribution in [0.3, 0.4) is 0 Å². The number of carboxylic acids is 1. The van der Waals surface area contributed by atoms with Crippen LogP contribution < -0.4 is 9.47 Å². The average Bonchev–Trinajstić information content (AvgIpc) is 2.53. The first kappa shape index (κ1) is 15.1. The Balaban J connectivity index is 2.62. The molecule has 0 fully saturated rings. The Labute approximate surface area is 126 Å². The number of ether oxygens (including phenoxy) is 2. The van der Waals surface area contributed by atoms with E-state index >= 15 is 0 Å². The van der Waals surface area contributed by atoms with Crippen molar-refractivity contribution in [3.63, 3.8) is 0 Å². The summed E-state index contributed by atoms with van der Waals surface area (Å²) in [5.74, 6) is 0.000335. The molecule has 1 aromatic heterocycles. The van der Waals surface area contributed by atoms with E-state index in [-0.39, 0.29) is 5.56 Å². The second kappa shape index (κ2) is 6.45. The molecule has 0 aliphatic heterocycles. The first-order valence-corrected chi connectivity index (χ1v) is 7.20. The van der Waals surface area contributed by atoms with Crippen molar-refractivity contribution in [2.45, 2.75) is 5.16 Å². The standard InChI is InChI=1S/C14H14N2O4S/c1-19-10-5-4-8(6-11(10)20-2)12-9(13(17)18)7-15-14(16-12)21-3/h4-7H,1-3H3,(H,17,18). The highest BCUT2D eigenvalue weighted by Gasteiger charge is 2.17. The lowest BCUT2D eigenvalue weighted by molar-refractivity contribution is 0.0696. The number of carbonyl (C=O) groups is 1. The Morgan fingerprint density at radius 1 is 1.24 bits per heavy atom. The van der Waals surface area contributed by atoms with Crippen LogP contribution in [0.5, 0.6) is 11.5 Å². The van der Waals surface area contributed by atoms with Gasteiger partial charge in [-0.1, -0.05) is 11.8 Å². The Hall–Kier alpha value is -2.28. The number of thioether (sulfide) groups is 1. The fourth-order valence-electron chi connectivity index (χ4n) is 1.82. The number of benzene rings is 1. The molecule has 0 spiro atoms. The van der Waals surface area contributed by atoms with Crippen LogP contribution in [0.25, 0.3) is 11.3 Å². The normalized spacial score (nSPS) is 10.2. The van der Waals surface area contributed by atoms with E-state index in [0.717, 1.165) is 0 Å². The van der Waals surface area contributed by atoms with E-state index in [9.17, 15) is 9.90 Å². The summed E-state index contributed by atoms with van der Waals surface area (Å²) in [6, 6.07) is 5.14. The van der Waals surface area contributed by atoms with Crippen molar-refractivity contribution in [3.8, 4) is 22.8 Å². The molecule has 110 valence electrons. The maximum atomic E-state index is 11.3. The van der Waals surface area contributed by atoms with Gasteiger partial charge in [-0.3, -0.25) is 0 Å². The van der Waals surface area contributed by atoms with Crippen molar-refractivity contribution in [3.05, 3.63) is 30.0 Å². The van der Waals surface area contributed by atoms with Crippen LogP contribution in [0.4, 0.5) is 0 Å². The summed E-state index contributed by atoms with van der Waals surface area (Å²) in [6.45, 7) is 0. The van der Waals surface area contributed by atoms with Crippen LogP contribution in [0, 0.1) is 0 Å². The van der Waals surface area contributed by atoms with Crippen molar-refractivity contribution in [1.82, 2.24) is 9.97 Å². The Morgan fingerprint density at radius 2 is 1.95 bits per heavy atom. The predicted octanol–water partition coefficient (Wildman–Crippen LogP) is 2.58. The fraction of sp³-hybridized carbons (Fsp3) is 0.214. The van der Waals surface area contributed by atoms with Crippen LogP contribution in [0.15, 0.2) is 29.6 Å². The van der Waals surface area contributed by atoms with Crippen LogP contribution in [0.2, 0.25) is 0 Å². The van der Waals surface area contributed by atoms with E-state index < -0.39 is 5.97 Å². The third-order valence-corrected chi connectivity index (χ3v) is 3.40. The second-order valence-electron chi connectivity index (χ2n) is 3.99. The molecule has 0 saturated heterocycles. The molecule has 1 N–H and O–H groups in total. The predicted molar refractivity (Wildman–Crippen MR) is 79.3 cm³/mol. The van der Waals surface area contributed by atoms with Crippen molar-refractivity contribution in [2.75, 3.05) is 20.5 Å². The van der Waals surface area contributed by atoms with Crippen molar-refractivity contribution >= 4 is 17.7 Å². The summed E-state index contributed by atoms with van der Waals surface area (Å²) in [5, 5.41) is 9.78. The van der Waals surface area contributed by atoms with Gasteiger partial charge in [0.2, 0.25) is 0 Å². The van der Waals surface area contributed by atoms with Crippen molar-refractivity contribution in [1.29, 1.82) is 0 Å². The van der Waals surface area contributed by atoms with E-state index in [1.165, 1.54) is 32.2 Å². The smallest absolute Gasteiger partial charge is 0.339 e. The van der Waals surface area contributed by atoms with Gasteiger partial charge in [0.15, 0.2) is 16.7 Å². The fourth-order valence-corrected chi connectivity index (χ4v) is 2.16. The molecule has 0 aliphatic rings. The zero-order chi connectivity index (χ0) is 15.4. The summed E-state index contributed by atoms with van der Waals surface area (Å²) in [7, 11) is 3.06. The van der Waals surface area contributed by atoms with Gasteiger partial charge < -0.3 is 14.6 Å². The van der Waals surface area contributed by atoms with Gasteiger partial charge in [0, 0.05) is 11.8 Å². The first-order valence-electron chi connectivity index (χ1n) is 5.97. The number of hydrogen-bond acceptors (Lipinski definition) is 6. The zero-order valence-corrected chi connectivity index (χ0v) is 12.6. The Kier molecular flexibility index (Phi) is 4.64. The number of rotatable bonds is 5. The van der Waals surface area contributed by atoms with E-state index in [1.54, 1.807) is 18.2 Å². The Morgan fingerprint density at radius 3 is 2.52 bits per heavy atom. The molecule has 0 atom stereocenters. The lowest BCUT2D eigenvalue weighted by Gasteiger charge is -2.11. The highest BCUT2D eigenvalue weighted by Crippen LogP contribution is 2.33. The van der Waals surface area contributed by atoms with E-state index in [4.69, 9.17) is 9.47 Å². The van der Waals surface area contributed by atoms with Gasteiger partial charge in [-0.25, -0.2) is 14.8 Å². The lowest BCUT2D eigenvalue weighted by Crippen LogP contribution is -2.04. The molecule has 6 nitrogen and oxygen atoms in total. The molecule has 7 heteroatoms. The molecule has 1 heterocycles. The number of aromatic nitrogens is 2. The monoisotopic (exact) mass is 306 g/mol. The average molecular weight is 306 g/mol. The lowest BCUT2D eigenvalue weighted by atomic mass is 10.1. The van der Waals surface area contributed by atoms with E-state index in [2.05, 4.69) is 9.97 Å². The minimum absolute atomic E-state index is 0.0417. The van der Waals surface area contributed by atoms with Gasteiger partial charge in [0.25, 0.3) is 0 Å². The zero-order valence-electron chi connectivity index (χ0n) is 11.8. The van der Waals surface area contributed by atoms with E-state index in [1.807, 2.05) is 6.26 Å². The quantitative estimate of drug-likeness (QED) is 0.671. The molecule has 0 bridgehead atoms. The SMILES string of the molecule is COc1ccc(-c2nc(SC)ncc2C(=O)O)cc1OC. The molecule has 21 heavy (non-hydrogen) atoms. The number of aromatic carboxylic acids is 1. The topological polar surface area (TPSA) is 81.5 Å². The minimum atomic E-state index is -1.08. The maximum Gasteiger partial charge on any atom is 0.339 e. The van der Waals surface area contributed by atoms with E-state index in [0.29, 0.717) is 27.9 Å². The van der Waals surface area contributed by atoms with Crippen LogP contribution in [-0.2, 0) is 0 Å². The van der Waals surface area contributed by atoms with Crippen LogP contribution in [0.1, 0.15) is 10.4 Å². The van der Waals surface area contributed by atoms with Gasteiger partial charge >= 0.3 is 5.97 Å². The molecular weight excluding hydrogens is 292 g/mol. The molecule has 0 radical (unpaired) electrons. The van der Waals surface area contributed by atoms with Crippen molar-refractivity contribution < 1.29 is 19.4 Å². The third-order valence-electron chi connectivity index (χ3n) is 2.84. The maximum absolute atomic E-state index is 11.3. The number of methoxy groups -OCH3 is 2. The Bertz CT molecular complexity index is 676. The summed E-state index contributed by atoms with van der Waals surface area (Å²) in [4.78, 5) is 19.6. The summed E-state index contributed by atoms with van der Waals surface area (Å²) in [6.07, 6.45) is 3.14. The molecule has 0 unspecified atom stereocenters. The van der Waals surface area contributed by atoms with Gasteiger partial charge in [-0.2, -0.15) is 0 Å². The molecule has 2 rings (SSSR count).